The summed E-state index contributed by atoms with van der Waals surface area (Å²) in [5.41, 5.74) is 3.93. The van der Waals surface area contributed by atoms with Crippen LogP contribution in [0.4, 0.5) is 5.69 Å². The maximum absolute atomic E-state index is 12.3. The van der Waals surface area contributed by atoms with E-state index >= 15 is 0 Å². The van der Waals surface area contributed by atoms with E-state index in [-0.39, 0.29) is 5.76 Å². The number of carbonyl (C=O) groups excluding carboxylic acids is 2. The zero-order valence-corrected chi connectivity index (χ0v) is 15.7. The van der Waals surface area contributed by atoms with Gasteiger partial charge in [-0.25, -0.2) is 4.79 Å². The average molecular weight is 367 g/mol. The number of hydrogen-bond acceptors (Lipinski definition) is 5. The van der Waals surface area contributed by atoms with Crippen LogP contribution in [0, 0.1) is 20.8 Å². The van der Waals surface area contributed by atoms with Crippen molar-refractivity contribution >= 4 is 28.5 Å². The van der Waals surface area contributed by atoms with E-state index in [1.54, 1.807) is 32.2 Å². The van der Waals surface area contributed by atoms with Crippen molar-refractivity contribution < 1.29 is 23.5 Å². The van der Waals surface area contributed by atoms with Crippen molar-refractivity contribution in [3.63, 3.8) is 0 Å². The predicted molar refractivity (Wildman–Crippen MR) is 102 cm³/mol. The molecule has 0 saturated carbocycles. The molecule has 0 atom stereocenters. The first-order chi connectivity index (χ1) is 12.9. The van der Waals surface area contributed by atoms with Crippen LogP contribution in [-0.2, 0) is 9.53 Å². The molecule has 3 aromatic rings. The summed E-state index contributed by atoms with van der Waals surface area (Å²) in [4.78, 5) is 24.4. The van der Waals surface area contributed by atoms with Gasteiger partial charge in [-0.2, -0.15) is 0 Å². The van der Waals surface area contributed by atoms with Crippen molar-refractivity contribution in [1.82, 2.24) is 0 Å². The molecule has 0 unspecified atom stereocenters. The Hall–Kier alpha value is -3.28. The summed E-state index contributed by atoms with van der Waals surface area (Å²) in [6, 6.07) is 11.0. The van der Waals surface area contributed by atoms with E-state index in [2.05, 4.69) is 5.32 Å². The van der Waals surface area contributed by atoms with Crippen LogP contribution in [0.1, 0.15) is 27.2 Å². The van der Waals surface area contributed by atoms with Gasteiger partial charge < -0.3 is 19.2 Å². The van der Waals surface area contributed by atoms with Crippen LogP contribution in [0.2, 0.25) is 0 Å². The molecule has 1 heterocycles. The molecule has 6 heteroatoms. The summed E-state index contributed by atoms with van der Waals surface area (Å²) in [5, 5.41) is 3.50. The maximum atomic E-state index is 12.3. The Balaban J connectivity index is 1.67. The minimum atomic E-state index is -0.682. The van der Waals surface area contributed by atoms with Crippen LogP contribution in [0.25, 0.3) is 11.0 Å². The van der Waals surface area contributed by atoms with Gasteiger partial charge in [-0.15, -0.1) is 0 Å². The van der Waals surface area contributed by atoms with Crippen LogP contribution in [0.5, 0.6) is 5.75 Å². The second-order valence-electron chi connectivity index (χ2n) is 6.36. The molecule has 0 saturated heterocycles. The zero-order valence-electron chi connectivity index (χ0n) is 15.7. The van der Waals surface area contributed by atoms with Gasteiger partial charge in [0.1, 0.15) is 11.3 Å². The molecule has 0 fully saturated rings. The number of hydrogen-bond donors (Lipinski definition) is 1. The Kier molecular flexibility index (Phi) is 5.16. The Morgan fingerprint density at radius 1 is 1.07 bits per heavy atom. The van der Waals surface area contributed by atoms with Gasteiger partial charge >= 0.3 is 5.97 Å². The maximum Gasteiger partial charge on any atom is 0.375 e. The second-order valence-corrected chi connectivity index (χ2v) is 6.36. The third-order valence-corrected chi connectivity index (χ3v) is 4.32. The molecule has 1 amide bonds. The average Bonchev–Trinajstić information content (AvgIpc) is 2.98. The fraction of sp³-hybridized carbons (Fsp3) is 0.238. The Morgan fingerprint density at radius 3 is 2.56 bits per heavy atom. The number of rotatable bonds is 5. The van der Waals surface area contributed by atoms with E-state index < -0.39 is 18.5 Å². The van der Waals surface area contributed by atoms with Gasteiger partial charge in [-0.3, -0.25) is 4.79 Å². The summed E-state index contributed by atoms with van der Waals surface area (Å²) in [6.07, 6.45) is 0. The van der Waals surface area contributed by atoms with Crippen LogP contribution in [0.15, 0.2) is 40.8 Å². The SMILES string of the molecule is COc1ccc2oc(C(=O)OCC(=O)Nc3ccc(C)cc3C)c(C)c2c1. The van der Waals surface area contributed by atoms with Crippen molar-refractivity contribution in [2.45, 2.75) is 20.8 Å². The molecule has 0 radical (unpaired) electrons. The summed E-state index contributed by atoms with van der Waals surface area (Å²) >= 11 is 0. The summed E-state index contributed by atoms with van der Waals surface area (Å²) in [5.74, 6) is -0.346. The number of esters is 1. The molecular weight excluding hydrogens is 346 g/mol. The minimum Gasteiger partial charge on any atom is -0.497 e. The van der Waals surface area contributed by atoms with E-state index in [9.17, 15) is 9.59 Å². The molecule has 27 heavy (non-hydrogen) atoms. The van der Waals surface area contributed by atoms with Gasteiger partial charge in [0, 0.05) is 16.6 Å². The van der Waals surface area contributed by atoms with Crippen LogP contribution in [0.3, 0.4) is 0 Å². The highest BCUT2D eigenvalue weighted by atomic mass is 16.5. The van der Waals surface area contributed by atoms with Crippen LogP contribution >= 0.6 is 0 Å². The quantitative estimate of drug-likeness (QED) is 0.685. The van der Waals surface area contributed by atoms with Crippen molar-refractivity contribution in [2.24, 2.45) is 0 Å². The van der Waals surface area contributed by atoms with Crippen molar-refractivity contribution in [2.75, 3.05) is 19.0 Å². The lowest BCUT2D eigenvalue weighted by atomic mass is 10.1. The lowest BCUT2D eigenvalue weighted by molar-refractivity contribution is -0.119. The van der Waals surface area contributed by atoms with Gasteiger partial charge in [0.15, 0.2) is 6.61 Å². The number of anilines is 1. The molecule has 1 aromatic heterocycles. The van der Waals surface area contributed by atoms with Gasteiger partial charge in [0.05, 0.1) is 7.11 Å². The van der Waals surface area contributed by atoms with E-state index in [1.807, 2.05) is 32.0 Å². The first kappa shape index (κ1) is 18.5. The van der Waals surface area contributed by atoms with Crippen molar-refractivity contribution in [3.8, 4) is 5.75 Å². The molecular formula is C21H21NO5. The van der Waals surface area contributed by atoms with Gasteiger partial charge in [0.2, 0.25) is 5.76 Å². The molecule has 0 aliphatic rings. The first-order valence-corrected chi connectivity index (χ1v) is 8.50. The van der Waals surface area contributed by atoms with E-state index in [0.717, 1.165) is 16.5 Å². The molecule has 3 rings (SSSR count). The highest BCUT2D eigenvalue weighted by molar-refractivity contribution is 5.98. The van der Waals surface area contributed by atoms with Gasteiger partial charge in [0.25, 0.3) is 5.91 Å². The highest BCUT2D eigenvalue weighted by Crippen LogP contribution is 2.29. The number of amides is 1. The Bertz CT molecular complexity index is 1020. The predicted octanol–water partition coefficient (Wildman–Crippen LogP) is 4.16. The Labute approximate surface area is 157 Å². The number of methoxy groups -OCH3 is 1. The molecule has 2 aromatic carbocycles. The largest absolute Gasteiger partial charge is 0.497 e. The molecule has 0 spiro atoms. The standard InChI is InChI=1S/C21H21NO5/c1-12-5-7-17(13(2)9-12)22-19(23)11-26-21(24)20-14(3)16-10-15(25-4)6-8-18(16)27-20/h5-10H,11H2,1-4H3,(H,22,23). The number of furan rings is 1. The van der Waals surface area contributed by atoms with Gasteiger partial charge in [-0.1, -0.05) is 17.7 Å². The fourth-order valence-corrected chi connectivity index (χ4v) is 2.86. The van der Waals surface area contributed by atoms with Crippen molar-refractivity contribution in [3.05, 3.63) is 58.8 Å². The number of ether oxygens (including phenoxy) is 2. The smallest absolute Gasteiger partial charge is 0.375 e. The number of fused-ring (bicyclic) bond motifs is 1. The molecule has 6 nitrogen and oxygen atoms in total. The number of benzene rings is 2. The molecule has 0 aliphatic carbocycles. The van der Waals surface area contributed by atoms with Crippen LogP contribution in [-0.4, -0.2) is 25.6 Å². The summed E-state index contributed by atoms with van der Waals surface area (Å²) < 4.78 is 15.9. The monoisotopic (exact) mass is 367 g/mol. The normalized spacial score (nSPS) is 10.7. The second kappa shape index (κ2) is 7.53. The van der Waals surface area contributed by atoms with Crippen molar-refractivity contribution in [1.29, 1.82) is 0 Å². The number of nitrogens with one attached hydrogen (secondary N) is 1. The third kappa shape index (κ3) is 3.95. The number of carbonyl (C=O) groups is 2. The fourth-order valence-electron chi connectivity index (χ4n) is 2.86. The third-order valence-electron chi connectivity index (χ3n) is 4.32. The lowest BCUT2D eigenvalue weighted by Gasteiger charge is -2.09. The topological polar surface area (TPSA) is 77.8 Å². The molecule has 0 bridgehead atoms. The van der Waals surface area contributed by atoms with E-state index in [4.69, 9.17) is 13.9 Å². The van der Waals surface area contributed by atoms with Crippen LogP contribution < -0.4 is 10.1 Å². The first-order valence-electron chi connectivity index (χ1n) is 8.50. The highest BCUT2D eigenvalue weighted by Gasteiger charge is 2.20. The van der Waals surface area contributed by atoms with Gasteiger partial charge in [-0.05, 0) is 50.6 Å². The number of aryl methyl sites for hydroxylation is 3. The molecule has 1 N–H and O–H groups in total. The summed E-state index contributed by atoms with van der Waals surface area (Å²) in [6.45, 7) is 5.25. The minimum absolute atomic E-state index is 0.0811. The lowest BCUT2D eigenvalue weighted by Crippen LogP contribution is -2.21. The Morgan fingerprint density at radius 2 is 1.85 bits per heavy atom. The molecule has 140 valence electrons. The van der Waals surface area contributed by atoms with E-state index in [1.165, 1.54) is 0 Å². The zero-order chi connectivity index (χ0) is 19.6. The summed E-state index contributed by atoms with van der Waals surface area (Å²) in [7, 11) is 1.57. The van der Waals surface area contributed by atoms with E-state index in [0.29, 0.717) is 22.6 Å². The molecule has 0 aliphatic heterocycles.